The van der Waals surface area contributed by atoms with Gasteiger partial charge in [0.25, 0.3) is 0 Å². The standard InChI is InChI=1S/C24H27NO6/c1-24(2,3)31-22(28)20(12-13-21(26)27)25-23(29)30-14-19-17-10-6-4-8-15(17)16-9-5-7-11-18(16)19/h4-11,19-20H,12-14H2,1-3H3,(H,25,29)(H,26,27)/p-1/t20-/m1/s1. The average molecular weight is 424 g/mol. The number of hydrogen-bond acceptors (Lipinski definition) is 6. The summed E-state index contributed by atoms with van der Waals surface area (Å²) in [6.45, 7) is 5.15. The van der Waals surface area contributed by atoms with Gasteiger partial charge in [0.15, 0.2) is 0 Å². The van der Waals surface area contributed by atoms with Gasteiger partial charge in [0.05, 0.1) is 0 Å². The summed E-state index contributed by atoms with van der Waals surface area (Å²) in [5.41, 5.74) is 3.56. The molecule has 0 radical (unpaired) electrons. The summed E-state index contributed by atoms with van der Waals surface area (Å²) in [7, 11) is 0. The Morgan fingerprint density at radius 1 is 1.00 bits per heavy atom. The number of carbonyl (C=O) groups excluding carboxylic acids is 3. The molecule has 0 saturated carbocycles. The predicted octanol–water partition coefficient (Wildman–Crippen LogP) is 2.77. The van der Waals surface area contributed by atoms with Crippen molar-refractivity contribution in [3.05, 3.63) is 59.7 Å². The highest BCUT2D eigenvalue weighted by Gasteiger charge is 2.30. The lowest BCUT2D eigenvalue weighted by Gasteiger charge is -2.24. The second-order valence-electron chi connectivity index (χ2n) is 8.47. The summed E-state index contributed by atoms with van der Waals surface area (Å²) in [6.07, 6.45) is -1.36. The Bertz CT molecular complexity index is 933. The summed E-state index contributed by atoms with van der Waals surface area (Å²) >= 11 is 0. The lowest BCUT2D eigenvalue weighted by molar-refractivity contribution is -0.305. The van der Waals surface area contributed by atoms with E-state index < -0.39 is 36.1 Å². The first kappa shape index (κ1) is 22.3. The summed E-state index contributed by atoms with van der Waals surface area (Å²) in [6, 6.07) is 14.7. The molecule has 31 heavy (non-hydrogen) atoms. The maximum absolute atomic E-state index is 12.4. The van der Waals surface area contributed by atoms with Gasteiger partial charge >= 0.3 is 12.1 Å². The van der Waals surface area contributed by atoms with Crippen molar-refractivity contribution >= 4 is 18.0 Å². The van der Waals surface area contributed by atoms with Crippen LogP contribution in [0.1, 0.15) is 50.7 Å². The molecular formula is C24H26NO6-. The van der Waals surface area contributed by atoms with E-state index in [4.69, 9.17) is 9.47 Å². The van der Waals surface area contributed by atoms with Crippen molar-refractivity contribution in [2.45, 2.75) is 51.2 Å². The number of ether oxygens (including phenoxy) is 2. The highest BCUT2D eigenvalue weighted by molar-refractivity contribution is 5.82. The van der Waals surface area contributed by atoms with Crippen molar-refractivity contribution in [3.63, 3.8) is 0 Å². The number of esters is 1. The third kappa shape index (κ3) is 5.63. The fourth-order valence-corrected chi connectivity index (χ4v) is 3.67. The molecule has 0 aliphatic heterocycles. The van der Waals surface area contributed by atoms with Crippen molar-refractivity contribution in [3.8, 4) is 11.1 Å². The van der Waals surface area contributed by atoms with Crippen LogP contribution in [-0.4, -0.2) is 36.3 Å². The van der Waals surface area contributed by atoms with Crippen LogP contribution in [0.5, 0.6) is 0 Å². The van der Waals surface area contributed by atoms with Crippen LogP contribution in [0.2, 0.25) is 0 Å². The summed E-state index contributed by atoms with van der Waals surface area (Å²) < 4.78 is 10.7. The largest absolute Gasteiger partial charge is 0.550 e. The van der Waals surface area contributed by atoms with E-state index in [2.05, 4.69) is 5.32 Å². The molecule has 1 N–H and O–H groups in total. The number of benzene rings is 2. The van der Waals surface area contributed by atoms with Gasteiger partial charge in [0.1, 0.15) is 18.2 Å². The van der Waals surface area contributed by atoms with Crippen LogP contribution in [0.3, 0.4) is 0 Å². The molecule has 0 fully saturated rings. The molecule has 0 saturated heterocycles. The van der Waals surface area contributed by atoms with E-state index in [0.29, 0.717) is 0 Å². The van der Waals surface area contributed by atoms with Gasteiger partial charge in [0, 0.05) is 11.9 Å². The minimum absolute atomic E-state index is 0.0847. The number of hydrogen-bond donors (Lipinski definition) is 1. The highest BCUT2D eigenvalue weighted by atomic mass is 16.6. The summed E-state index contributed by atoms with van der Waals surface area (Å²) in [4.78, 5) is 35.7. The smallest absolute Gasteiger partial charge is 0.407 e. The Hall–Kier alpha value is -3.35. The van der Waals surface area contributed by atoms with Crippen molar-refractivity contribution in [1.82, 2.24) is 5.32 Å². The van der Waals surface area contributed by atoms with E-state index >= 15 is 0 Å². The maximum atomic E-state index is 12.4. The van der Waals surface area contributed by atoms with E-state index in [1.165, 1.54) is 0 Å². The van der Waals surface area contributed by atoms with Gasteiger partial charge in [-0.3, -0.25) is 0 Å². The molecule has 0 unspecified atom stereocenters. The molecule has 0 spiro atoms. The second kappa shape index (κ2) is 9.20. The number of aliphatic carboxylic acids is 1. The zero-order valence-electron chi connectivity index (χ0n) is 17.8. The first-order valence-corrected chi connectivity index (χ1v) is 10.2. The molecule has 2 aromatic carbocycles. The molecule has 1 atom stereocenters. The maximum Gasteiger partial charge on any atom is 0.407 e. The van der Waals surface area contributed by atoms with E-state index in [1.807, 2.05) is 48.5 Å². The zero-order chi connectivity index (χ0) is 22.6. The predicted molar refractivity (Wildman–Crippen MR) is 112 cm³/mol. The third-order valence-electron chi connectivity index (χ3n) is 4.96. The number of nitrogens with one attached hydrogen (secondary N) is 1. The Labute approximate surface area is 181 Å². The lowest BCUT2D eigenvalue weighted by Crippen LogP contribution is -2.45. The summed E-state index contributed by atoms with van der Waals surface area (Å²) in [5.74, 6) is -2.16. The van der Waals surface area contributed by atoms with Gasteiger partial charge in [-0.2, -0.15) is 0 Å². The quantitative estimate of drug-likeness (QED) is 0.686. The van der Waals surface area contributed by atoms with Crippen LogP contribution >= 0.6 is 0 Å². The molecule has 164 valence electrons. The molecule has 1 aliphatic rings. The first-order chi connectivity index (χ1) is 14.7. The molecule has 1 aliphatic carbocycles. The number of amides is 1. The minimum atomic E-state index is -1.32. The highest BCUT2D eigenvalue weighted by Crippen LogP contribution is 2.44. The number of carboxylic acid groups (broad SMARTS) is 1. The van der Waals surface area contributed by atoms with E-state index in [0.717, 1.165) is 22.3 Å². The Morgan fingerprint density at radius 3 is 2.06 bits per heavy atom. The molecule has 7 nitrogen and oxygen atoms in total. The van der Waals surface area contributed by atoms with Gasteiger partial charge in [-0.1, -0.05) is 48.5 Å². The number of fused-ring (bicyclic) bond motifs is 3. The van der Waals surface area contributed by atoms with Gasteiger partial charge < -0.3 is 24.7 Å². The van der Waals surface area contributed by atoms with Crippen LogP contribution in [0.4, 0.5) is 4.79 Å². The fourth-order valence-electron chi connectivity index (χ4n) is 3.67. The molecule has 3 rings (SSSR count). The number of alkyl carbamates (subject to hydrolysis) is 1. The average Bonchev–Trinajstić information content (AvgIpc) is 3.02. The van der Waals surface area contributed by atoms with Crippen molar-refractivity contribution in [1.29, 1.82) is 0 Å². The van der Waals surface area contributed by atoms with E-state index in [-0.39, 0.29) is 18.9 Å². The second-order valence-corrected chi connectivity index (χ2v) is 8.47. The Balaban J connectivity index is 1.67. The van der Waals surface area contributed by atoms with Gasteiger partial charge in [-0.25, -0.2) is 9.59 Å². The topological polar surface area (TPSA) is 105 Å². The third-order valence-corrected chi connectivity index (χ3v) is 4.96. The normalized spacial score (nSPS) is 13.6. The summed E-state index contributed by atoms with van der Waals surface area (Å²) in [5, 5.41) is 13.3. The number of carbonyl (C=O) groups is 3. The SMILES string of the molecule is CC(C)(C)OC(=O)[C@@H](CCC(=O)[O-])NC(=O)OCC1c2ccccc2-c2ccccc21. The monoisotopic (exact) mass is 424 g/mol. The van der Waals surface area contributed by atoms with Crippen molar-refractivity contribution in [2.75, 3.05) is 6.61 Å². The van der Waals surface area contributed by atoms with E-state index in [9.17, 15) is 19.5 Å². The molecule has 2 aromatic rings. The van der Waals surface area contributed by atoms with Gasteiger partial charge in [-0.05, 0) is 55.9 Å². The van der Waals surface area contributed by atoms with Crippen molar-refractivity contribution < 1.29 is 29.0 Å². The van der Waals surface area contributed by atoms with Gasteiger partial charge in [0.2, 0.25) is 0 Å². The van der Waals surface area contributed by atoms with Crippen LogP contribution < -0.4 is 10.4 Å². The fraction of sp³-hybridized carbons (Fsp3) is 0.375. The van der Waals surface area contributed by atoms with E-state index in [1.54, 1.807) is 20.8 Å². The molecule has 0 aromatic heterocycles. The molecule has 0 bridgehead atoms. The van der Waals surface area contributed by atoms with Crippen molar-refractivity contribution in [2.24, 2.45) is 0 Å². The minimum Gasteiger partial charge on any atom is -0.550 e. The van der Waals surface area contributed by atoms with Gasteiger partial charge in [-0.15, -0.1) is 0 Å². The Kier molecular flexibility index (Phi) is 6.63. The van der Waals surface area contributed by atoms with Crippen LogP contribution in [0, 0.1) is 0 Å². The molecule has 7 heteroatoms. The first-order valence-electron chi connectivity index (χ1n) is 10.2. The number of rotatable bonds is 7. The zero-order valence-corrected chi connectivity index (χ0v) is 17.8. The Morgan fingerprint density at radius 2 is 1.55 bits per heavy atom. The van der Waals surface area contributed by atoms with Crippen LogP contribution in [0.25, 0.3) is 11.1 Å². The molecular weight excluding hydrogens is 398 g/mol. The van der Waals surface area contributed by atoms with Crippen LogP contribution in [0.15, 0.2) is 48.5 Å². The molecule has 1 amide bonds. The lowest BCUT2D eigenvalue weighted by atomic mass is 9.98. The molecule has 0 heterocycles. The van der Waals surface area contributed by atoms with Crippen LogP contribution in [-0.2, 0) is 19.1 Å². The number of carboxylic acids is 1.